The van der Waals surface area contributed by atoms with Crippen LogP contribution >= 0.6 is 0 Å². The summed E-state index contributed by atoms with van der Waals surface area (Å²) < 4.78 is 0. The van der Waals surface area contributed by atoms with Gasteiger partial charge in [0.2, 0.25) is 0 Å². The fourth-order valence-electron chi connectivity index (χ4n) is 3.95. The first-order chi connectivity index (χ1) is 9.72. The van der Waals surface area contributed by atoms with Crippen LogP contribution in [0.1, 0.15) is 55.3 Å². The highest BCUT2D eigenvalue weighted by atomic mass is 16.4. The van der Waals surface area contributed by atoms with E-state index in [0.717, 1.165) is 17.5 Å². The van der Waals surface area contributed by atoms with Crippen molar-refractivity contribution in [3.8, 4) is 0 Å². The molecule has 0 heterocycles. The monoisotopic (exact) mass is 273 g/mol. The van der Waals surface area contributed by atoms with Crippen LogP contribution in [0, 0.1) is 11.8 Å². The quantitative estimate of drug-likeness (QED) is 0.866. The van der Waals surface area contributed by atoms with Crippen molar-refractivity contribution in [1.82, 2.24) is 0 Å². The van der Waals surface area contributed by atoms with Crippen LogP contribution in [-0.2, 0) is 0 Å². The van der Waals surface area contributed by atoms with Gasteiger partial charge in [0.25, 0.3) is 0 Å². The van der Waals surface area contributed by atoms with Gasteiger partial charge in [0.1, 0.15) is 0 Å². The summed E-state index contributed by atoms with van der Waals surface area (Å²) in [7, 11) is 0. The lowest BCUT2D eigenvalue weighted by Crippen LogP contribution is -2.17. The Morgan fingerprint density at radius 1 is 1.00 bits per heavy atom. The van der Waals surface area contributed by atoms with E-state index in [4.69, 9.17) is 5.11 Å². The molecule has 20 heavy (non-hydrogen) atoms. The zero-order valence-corrected chi connectivity index (χ0v) is 11.8. The summed E-state index contributed by atoms with van der Waals surface area (Å²) in [6, 6.07) is 7.68. The third kappa shape index (κ3) is 2.97. The predicted molar refractivity (Wildman–Crippen MR) is 80.1 cm³/mol. The number of rotatable bonds is 4. The van der Waals surface area contributed by atoms with Crippen LogP contribution in [0.2, 0.25) is 0 Å². The molecule has 0 saturated heterocycles. The highest BCUT2D eigenvalue weighted by Crippen LogP contribution is 2.41. The van der Waals surface area contributed by atoms with Gasteiger partial charge in [0.05, 0.1) is 5.56 Å². The summed E-state index contributed by atoms with van der Waals surface area (Å²) in [5, 5.41) is 12.5. The summed E-state index contributed by atoms with van der Waals surface area (Å²) in [6.07, 6.45) is 9.62. The number of hydrogen-bond acceptors (Lipinski definition) is 2. The van der Waals surface area contributed by atoms with Crippen LogP contribution in [0.25, 0.3) is 0 Å². The van der Waals surface area contributed by atoms with E-state index in [1.54, 1.807) is 12.1 Å². The zero-order chi connectivity index (χ0) is 13.9. The van der Waals surface area contributed by atoms with Crippen molar-refractivity contribution in [2.45, 2.75) is 51.0 Å². The molecule has 0 spiro atoms. The summed E-state index contributed by atoms with van der Waals surface area (Å²) in [5.74, 6) is 1.02. The van der Waals surface area contributed by atoms with Crippen molar-refractivity contribution in [2.24, 2.45) is 11.8 Å². The van der Waals surface area contributed by atoms with Crippen molar-refractivity contribution in [2.75, 3.05) is 5.32 Å². The first kappa shape index (κ1) is 13.5. The Bertz CT molecular complexity index is 462. The van der Waals surface area contributed by atoms with Gasteiger partial charge in [0, 0.05) is 11.7 Å². The lowest BCUT2D eigenvalue weighted by molar-refractivity contribution is 0.0697. The molecule has 2 unspecified atom stereocenters. The van der Waals surface area contributed by atoms with E-state index in [0.29, 0.717) is 11.6 Å². The van der Waals surface area contributed by atoms with Gasteiger partial charge in [-0.05, 0) is 55.4 Å². The molecular weight excluding hydrogens is 250 g/mol. The topological polar surface area (TPSA) is 49.3 Å². The molecule has 0 amide bonds. The van der Waals surface area contributed by atoms with Gasteiger partial charge in [-0.1, -0.05) is 25.7 Å². The van der Waals surface area contributed by atoms with Crippen LogP contribution < -0.4 is 5.32 Å². The third-order valence-electron chi connectivity index (χ3n) is 5.04. The number of nitrogens with one attached hydrogen (secondary N) is 1. The maximum Gasteiger partial charge on any atom is 0.335 e. The second-order valence-corrected chi connectivity index (χ2v) is 6.34. The van der Waals surface area contributed by atoms with E-state index in [2.05, 4.69) is 5.32 Å². The Morgan fingerprint density at radius 2 is 1.70 bits per heavy atom. The molecule has 0 aromatic heterocycles. The van der Waals surface area contributed by atoms with Crippen molar-refractivity contribution >= 4 is 11.7 Å². The molecule has 2 N–H and O–H groups in total. The number of carboxylic acid groups (broad SMARTS) is 1. The van der Waals surface area contributed by atoms with E-state index >= 15 is 0 Å². The molecule has 1 aromatic rings. The zero-order valence-electron chi connectivity index (χ0n) is 11.8. The lowest BCUT2D eigenvalue weighted by atomic mass is 9.89. The van der Waals surface area contributed by atoms with E-state index in [1.807, 2.05) is 12.1 Å². The minimum atomic E-state index is -0.862. The molecular formula is C17H23NO2. The van der Waals surface area contributed by atoms with Crippen molar-refractivity contribution < 1.29 is 9.90 Å². The number of benzene rings is 1. The smallest absolute Gasteiger partial charge is 0.335 e. The first-order valence-corrected chi connectivity index (χ1v) is 7.82. The van der Waals surface area contributed by atoms with Crippen LogP contribution in [0.5, 0.6) is 0 Å². The molecule has 2 saturated carbocycles. The molecule has 3 heteroatoms. The van der Waals surface area contributed by atoms with Crippen LogP contribution in [0.4, 0.5) is 5.69 Å². The van der Waals surface area contributed by atoms with E-state index in [-0.39, 0.29) is 0 Å². The second kappa shape index (κ2) is 5.86. The number of carbonyl (C=O) groups is 1. The standard InChI is InChI=1S/C17H23NO2/c19-17(20)13-5-8-15(9-6-13)18-16-10-7-14(11-16)12-3-1-2-4-12/h5-6,8-9,12,14,16,18H,1-4,7,10-11H2,(H,19,20). The van der Waals surface area contributed by atoms with Crippen LogP contribution in [-0.4, -0.2) is 17.1 Å². The number of aromatic carboxylic acids is 1. The minimum absolute atomic E-state index is 0.353. The summed E-state index contributed by atoms with van der Waals surface area (Å²) >= 11 is 0. The van der Waals surface area contributed by atoms with Gasteiger partial charge >= 0.3 is 5.97 Å². The number of hydrogen-bond donors (Lipinski definition) is 2. The Balaban J connectivity index is 1.54. The van der Waals surface area contributed by atoms with Gasteiger partial charge in [-0.2, -0.15) is 0 Å². The molecule has 0 radical (unpaired) electrons. The normalized spacial score (nSPS) is 26.8. The van der Waals surface area contributed by atoms with Gasteiger partial charge < -0.3 is 10.4 Å². The van der Waals surface area contributed by atoms with E-state index in [9.17, 15) is 4.79 Å². The van der Waals surface area contributed by atoms with E-state index in [1.165, 1.54) is 44.9 Å². The SMILES string of the molecule is O=C(O)c1ccc(NC2CCC(C3CCCC3)C2)cc1. The molecule has 3 rings (SSSR count). The highest BCUT2D eigenvalue weighted by Gasteiger charge is 2.32. The molecule has 2 atom stereocenters. The minimum Gasteiger partial charge on any atom is -0.478 e. The third-order valence-corrected chi connectivity index (χ3v) is 5.04. The average molecular weight is 273 g/mol. The molecule has 2 fully saturated rings. The Morgan fingerprint density at radius 3 is 2.35 bits per heavy atom. The van der Waals surface area contributed by atoms with Gasteiger partial charge in [-0.3, -0.25) is 0 Å². The van der Waals surface area contributed by atoms with Crippen molar-refractivity contribution in [3.05, 3.63) is 29.8 Å². The fourth-order valence-corrected chi connectivity index (χ4v) is 3.95. The first-order valence-electron chi connectivity index (χ1n) is 7.82. The Labute approximate surface area is 120 Å². The second-order valence-electron chi connectivity index (χ2n) is 6.34. The molecule has 1 aromatic carbocycles. The van der Waals surface area contributed by atoms with Crippen LogP contribution in [0.3, 0.4) is 0 Å². The van der Waals surface area contributed by atoms with Crippen molar-refractivity contribution in [1.29, 1.82) is 0 Å². The molecule has 0 bridgehead atoms. The molecule has 3 nitrogen and oxygen atoms in total. The maximum atomic E-state index is 10.8. The Hall–Kier alpha value is -1.51. The Kier molecular flexibility index (Phi) is 3.95. The van der Waals surface area contributed by atoms with Crippen LogP contribution in [0.15, 0.2) is 24.3 Å². The van der Waals surface area contributed by atoms with Gasteiger partial charge in [-0.25, -0.2) is 4.79 Å². The lowest BCUT2D eigenvalue weighted by Gasteiger charge is -2.19. The molecule has 2 aliphatic carbocycles. The summed E-state index contributed by atoms with van der Waals surface area (Å²) in [4.78, 5) is 10.8. The molecule has 2 aliphatic rings. The fraction of sp³-hybridized carbons (Fsp3) is 0.588. The van der Waals surface area contributed by atoms with E-state index < -0.39 is 5.97 Å². The largest absolute Gasteiger partial charge is 0.478 e. The van der Waals surface area contributed by atoms with Crippen molar-refractivity contribution in [3.63, 3.8) is 0 Å². The van der Waals surface area contributed by atoms with Gasteiger partial charge in [0.15, 0.2) is 0 Å². The highest BCUT2D eigenvalue weighted by molar-refractivity contribution is 5.87. The summed E-state index contributed by atoms with van der Waals surface area (Å²) in [5.41, 5.74) is 1.40. The molecule has 108 valence electrons. The number of carboxylic acids is 1. The summed E-state index contributed by atoms with van der Waals surface area (Å²) in [6.45, 7) is 0. The average Bonchev–Trinajstić information content (AvgIpc) is 3.09. The maximum absolute atomic E-state index is 10.8. The molecule has 0 aliphatic heterocycles. The number of anilines is 1. The van der Waals surface area contributed by atoms with Gasteiger partial charge in [-0.15, -0.1) is 0 Å². The predicted octanol–water partition coefficient (Wildman–Crippen LogP) is 4.16.